The summed E-state index contributed by atoms with van der Waals surface area (Å²) in [5, 5.41) is 9.68. The molecule has 4 nitrogen and oxygen atoms in total. The van der Waals surface area contributed by atoms with Crippen molar-refractivity contribution < 1.29 is 14.6 Å². The SMILES string of the molecule is CCCc1nc2c(OCCC(=O)O)cccc2s1. The maximum Gasteiger partial charge on any atom is 0.306 e. The van der Waals surface area contributed by atoms with Crippen LogP contribution in [0.4, 0.5) is 0 Å². The number of benzene rings is 1. The summed E-state index contributed by atoms with van der Waals surface area (Å²) >= 11 is 1.67. The molecular weight excluding hydrogens is 250 g/mol. The molecular formula is C13H15NO3S. The standard InChI is InChI=1S/C13H15NO3S/c1-2-4-11-14-13-9(17-8-7-12(15)16)5-3-6-10(13)18-11/h3,5-6H,2,4,7-8H2,1H3,(H,15,16). The Bertz CT molecular complexity index is 550. The zero-order chi connectivity index (χ0) is 13.0. The van der Waals surface area contributed by atoms with Gasteiger partial charge in [0.25, 0.3) is 0 Å². The van der Waals surface area contributed by atoms with Crippen molar-refractivity contribution in [1.29, 1.82) is 0 Å². The van der Waals surface area contributed by atoms with E-state index < -0.39 is 5.97 Å². The molecule has 0 saturated heterocycles. The Morgan fingerprint density at radius 3 is 3.06 bits per heavy atom. The molecule has 96 valence electrons. The molecule has 0 atom stereocenters. The average molecular weight is 265 g/mol. The van der Waals surface area contributed by atoms with Crippen molar-refractivity contribution in [2.24, 2.45) is 0 Å². The van der Waals surface area contributed by atoms with Crippen molar-refractivity contribution >= 4 is 27.5 Å². The summed E-state index contributed by atoms with van der Waals surface area (Å²) in [4.78, 5) is 15.0. The number of carboxylic acids is 1. The van der Waals surface area contributed by atoms with Gasteiger partial charge in [-0.1, -0.05) is 13.0 Å². The molecule has 0 aliphatic rings. The number of para-hydroxylation sites is 1. The molecule has 18 heavy (non-hydrogen) atoms. The summed E-state index contributed by atoms with van der Waals surface area (Å²) in [6.45, 7) is 2.30. The molecule has 2 aromatic rings. The van der Waals surface area contributed by atoms with Crippen molar-refractivity contribution in [2.45, 2.75) is 26.2 Å². The lowest BCUT2D eigenvalue weighted by molar-refractivity contribution is -0.137. The third-order valence-corrected chi connectivity index (χ3v) is 3.54. The number of hydrogen-bond donors (Lipinski definition) is 1. The van der Waals surface area contributed by atoms with E-state index in [-0.39, 0.29) is 13.0 Å². The fourth-order valence-electron chi connectivity index (χ4n) is 1.65. The molecule has 0 spiro atoms. The number of aromatic nitrogens is 1. The molecule has 2 rings (SSSR count). The van der Waals surface area contributed by atoms with Crippen LogP contribution in [0.2, 0.25) is 0 Å². The van der Waals surface area contributed by atoms with Crippen LogP contribution in [0.25, 0.3) is 10.2 Å². The van der Waals surface area contributed by atoms with Gasteiger partial charge in [0.2, 0.25) is 0 Å². The number of nitrogens with zero attached hydrogens (tertiary/aromatic N) is 1. The van der Waals surface area contributed by atoms with E-state index in [0.717, 1.165) is 28.1 Å². The first-order valence-corrected chi connectivity index (χ1v) is 6.75. The summed E-state index contributed by atoms with van der Waals surface area (Å²) in [5.74, 6) is -0.181. The van der Waals surface area contributed by atoms with Crippen molar-refractivity contribution in [1.82, 2.24) is 4.98 Å². The van der Waals surface area contributed by atoms with Crippen molar-refractivity contribution in [3.05, 3.63) is 23.2 Å². The lowest BCUT2D eigenvalue weighted by Crippen LogP contribution is -2.04. The summed E-state index contributed by atoms with van der Waals surface area (Å²) in [6, 6.07) is 5.75. The first-order chi connectivity index (χ1) is 8.70. The molecule has 1 heterocycles. The number of aliphatic carboxylic acids is 1. The summed E-state index contributed by atoms with van der Waals surface area (Å²) in [7, 11) is 0. The molecule has 5 heteroatoms. The molecule has 1 aromatic carbocycles. The summed E-state index contributed by atoms with van der Waals surface area (Å²) in [5.41, 5.74) is 0.844. The second kappa shape index (κ2) is 5.82. The number of carboxylic acid groups (broad SMARTS) is 1. The van der Waals surface area contributed by atoms with Gasteiger partial charge in [-0.3, -0.25) is 4.79 Å². The van der Waals surface area contributed by atoms with Crippen LogP contribution in [-0.4, -0.2) is 22.7 Å². The number of aryl methyl sites for hydroxylation is 1. The van der Waals surface area contributed by atoms with E-state index >= 15 is 0 Å². The van der Waals surface area contributed by atoms with Gasteiger partial charge in [-0.05, 0) is 25.0 Å². The molecule has 0 aliphatic heterocycles. The first-order valence-electron chi connectivity index (χ1n) is 5.93. The van der Waals surface area contributed by atoms with E-state index in [1.54, 1.807) is 11.3 Å². The highest BCUT2D eigenvalue weighted by atomic mass is 32.1. The van der Waals surface area contributed by atoms with Gasteiger partial charge < -0.3 is 9.84 Å². The Labute approximate surface area is 109 Å². The predicted molar refractivity (Wildman–Crippen MR) is 71.4 cm³/mol. The second-order valence-electron chi connectivity index (χ2n) is 3.95. The largest absolute Gasteiger partial charge is 0.491 e. The minimum atomic E-state index is -0.855. The zero-order valence-electron chi connectivity index (χ0n) is 10.2. The van der Waals surface area contributed by atoms with Crippen LogP contribution in [0.3, 0.4) is 0 Å². The smallest absolute Gasteiger partial charge is 0.306 e. The highest BCUT2D eigenvalue weighted by molar-refractivity contribution is 7.18. The lowest BCUT2D eigenvalue weighted by Gasteiger charge is -2.04. The predicted octanol–water partition coefficient (Wildman–Crippen LogP) is 3.10. The maximum atomic E-state index is 10.4. The minimum absolute atomic E-state index is 0.00232. The van der Waals surface area contributed by atoms with Crippen LogP contribution in [0, 0.1) is 0 Å². The number of rotatable bonds is 6. The molecule has 0 saturated carbocycles. The van der Waals surface area contributed by atoms with Gasteiger partial charge in [-0.2, -0.15) is 0 Å². The minimum Gasteiger partial charge on any atom is -0.491 e. The van der Waals surface area contributed by atoms with E-state index in [4.69, 9.17) is 9.84 Å². The van der Waals surface area contributed by atoms with Crippen LogP contribution in [0.15, 0.2) is 18.2 Å². The number of fused-ring (bicyclic) bond motifs is 1. The maximum absolute atomic E-state index is 10.4. The van der Waals surface area contributed by atoms with Gasteiger partial charge in [0.15, 0.2) is 0 Å². The Kier molecular flexibility index (Phi) is 4.15. The molecule has 0 fully saturated rings. The molecule has 0 unspecified atom stereocenters. The molecule has 1 N–H and O–H groups in total. The Morgan fingerprint density at radius 1 is 1.50 bits per heavy atom. The van der Waals surface area contributed by atoms with Gasteiger partial charge >= 0.3 is 5.97 Å². The van der Waals surface area contributed by atoms with Gasteiger partial charge in [0.05, 0.1) is 22.7 Å². The quantitative estimate of drug-likeness (QED) is 0.871. The van der Waals surface area contributed by atoms with Crippen molar-refractivity contribution in [2.75, 3.05) is 6.61 Å². The number of hydrogen-bond acceptors (Lipinski definition) is 4. The highest BCUT2D eigenvalue weighted by Crippen LogP contribution is 2.30. The molecule has 1 aromatic heterocycles. The Balaban J connectivity index is 2.18. The monoisotopic (exact) mass is 265 g/mol. The molecule has 0 radical (unpaired) electrons. The average Bonchev–Trinajstić information content (AvgIpc) is 2.72. The zero-order valence-corrected chi connectivity index (χ0v) is 11.0. The number of carbonyl (C=O) groups is 1. The third-order valence-electron chi connectivity index (χ3n) is 2.46. The van der Waals surface area contributed by atoms with Crippen LogP contribution < -0.4 is 4.74 Å². The fourth-order valence-corrected chi connectivity index (χ4v) is 2.74. The topological polar surface area (TPSA) is 59.4 Å². The number of ether oxygens (including phenoxy) is 1. The van der Waals surface area contributed by atoms with Crippen LogP contribution in [0.5, 0.6) is 5.75 Å². The third kappa shape index (κ3) is 2.98. The molecule has 0 bridgehead atoms. The van der Waals surface area contributed by atoms with E-state index in [1.807, 2.05) is 18.2 Å². The van der Waals surface area contributed by atoms with E-state index in [0.29, 0.717) is 5.75 Å². The van der Waals surface area contributed by atoms with Gasteiger partial charge in [0.1, 0.15) is 11.3 Å². The van der Waals surface area contributed by atoms with Crippen molar-refractivity contribution in [3.8, 4) is 5.75 Å². The van der Waals surface area contributed by atoms with Gasteiger partial charge in [-0.25, -0.2) is 4.98 Å². The fraction of sp³-hybridized carbons (Fsp3) is 0.385. The van der Waals surface area contributed by atoms with Crippen molar-refractivity contribution in [3.63, 3.8) is 0 Å². The second-order valence-corrected chi connectivity index (χ2v) is 5.07. The normalized spacial score (nSPS) is 10.7. The van der Waals surface area contributed by atoms with Gasteiger partial charge in [-0.15, -0.1) is 11.3 Å². The Hall–Kier alpha value is -1.62. The van der Waals surface area contributed by atoms with Crippen LogP contribution in [-0.2, 0) is 11.2 Å². The Morgan fingerprint density at radius 2 is 2.33 bits per heavy atom. The van der Waals surface area contributed by atoms with Crippen LogP contribution in [0.1, 0.15) is 24.8 Å². The summed E-state index contributed by atoms with van der Waals surface area (Å²) < 4.78 is 6.57. The van der Waals surface area contributed by atoms with Crippen LogP contribution >= 0.6 is 11.3 Å². The van der Waals surface area contributed by atoms with E-state index in [9.17, 15) is 4.79 Å². The first kappa shape index (κ1) is 12.8. The van der Waals surface area contributed by atoms with Gasteiger partial charge in [0, 0.05) is 0 Å². The molecule has 0 aliphatic carbocycles. The lowest BCUT2D eigenvalue weighted by atomic mass is 10.3. The van der Waals surface area contributed by atoms with E-state index in [1.165, 1.54) is 0 Å². The number of thiazole rings is 1. The van der Waals surface area contributed by atoms with E-state index in [2.05, 4.69) is 11.9 Å². The highest BCUT2D eigenvalue weighted by Gasteiger charge is 2.09. The summed E-state index contributed by atoms with van der Waals surface area (Å²) in [6.07, 6.45) is 2.03. The molecule has 0 amide bonds.